The number of hydrogen-bond acceptors (Lipinski definition) is 19. The minimum absolute atomic E-state index is 0.0100. The Hall–Kier alpha value is -7.68. The van der Waals surface area contributed by atoms with E-state index in [0.717, 1.165) is 16.7 Å². The van der Waals surface area contributed by atoms with Crippen LogP contribution in [0.15, 0.2) is 145 Å². The lowest BCUT2D eigenvalue weighted by Gasteiger charge is -2.37. The minimum Gasteiger partial charge on any atom is -0.497 e. The van der Waals surface area contributed by atoms with Gasteiger partial charge in [-0.2, -0.15) is 15.3 Å². The number of nitrogens with one attached hydrogen (secondary N) is 2. The van der Waals surface area contributed by atoms with Gasteiger partial charge in [0.2, 0.25) is 0 Å². The third kappa shape index (κ3) is 14.4. The monoisotopic (exact) mass is 1190 g/mol. The SMILES string of the molecule is C=C(Nc1ncnc2c1ncn2[C@H]1C[C@H](CN(C)OC[C@H]2O[C@@H](n3cc(C)c(NC(=O)c4ccccc4)nc3=O)C[C@@H]2OP(OCCC#N)N(C(C)C)C(C)C)[C@@H](COC(c2ccccc2)(c2ccc(OC)cc2)c2ccc(OC)cc2)O1)N(C)C. The van der Waals surface area contributed by atoms with Gasteiger partial charge in [-0.1, -0.05) is 79.4 Å². The summed E-state index contributed by atoms with van der Waals surface area (Å²) in [6, 6.07) is 36.9. The van der Waals surface area contributed by atoms with E-state index in [4.69, 9.17) is 47.5 Å². The number of hydroxylamine groups is 2. The van der Waals surface area contributed by atoms with Crippen molar-refractivity contribution in [2.45, 2.75) is 102 Å². The van der Waals surface area contributed by atoms with Crippen LogP contribution in [0.4, 0.5) is 11.6 Å². The third-order valence-electron chi connectivity index (χ3n) is 15.2. The standard InChI is InChI=1S/C63H77N12O10P/c1-41(2)75(42(3)4)86(82-32-18-31-64)85-52-34-56(73-35-43(5)58(70-62(73)77)69-61(76)45-19-14-12-15-20-45)84-54(52)38-81-72(9)36-46-33-55(74-40-67-57-59(65-39-66-60(57)74)68-44(6)71(7)8)83-53(46)37-80-63(47-21-16-13-17-22-47,48-23-27-50(78-10)28-24-48)49-25-29-51(79-11)30-26-49/h12-17,19-30,35,39-42,46,52-56H,6,18,32-34,36-38H2,1-5,7-11H3,(H,65,66,68)(H,69,70,76,77)/t46-,52+,53-,54-,55-,56-,86?/m1/s1. The predicted octanol–water partition coefficient (Wildman–Crippen LogP) is 9.83. The van der Waals surface area contributed by atoms with Crippen molar-refractivity contribution >= 4 is 37.2 Å². The Morgan fingerprint density at radius 2 is 1.42 bits per heavy atom. The lowest BCUT2D eigenvalue weighted by atomic mass is 9.80. The zero-order chi connectivity index (χ0) is 61.1. The molecule has 0 spiro atoms. The normalized spacial score (nSPS) is 19.1. The molecule has 4 aromatic carbocycles. The molecule has 3 aromatic heterocycles. The second-order valence-electron chi connectivity index (χ2n) is 21.9. The van der Waals surface area contributed by atoms with E-state index >= 15 is 0 Å². The number of aromatic nitrogens is 6. The molecular weight excluding hydrogens is 1120 g/mol. The summed E-state index contributed by atoms with van der Waals surface area (Å²) in [6.07, 6.45) is 2.45. The number of amides is 1. The Labute approximate surface area is 503 Å². The van der Waals surface area contributed by atoms with E-state index in [2.05, 4.69) is 77.7 Å². The van der Waals surface area contributed by atoms with Gasteiger partial charge >= 0.3 is 5.69 Å². The molecule has 2 fully saturated rings. The molecule has 86 heavy (non-hydrogen) atoms. The highest BCUT2D eigenvalue weighted by Gasteiger charge is 2.45. The number of carbonyl (C=O) groups is 1. The highest BCUT2D eigenvalue weighted by atomic mass is 31.2. The first-order chi connectivity index (χ1) is 41.5. The molecule has 0 bridgehead atoms. The minimum atomic E-state index is -1.74. The predicted molar refractivity (Wildman–Crippen MR) is 327 cm³/mol. The van der Waals surface area contributed by atoms with Crippen LogP contribution < -0.4 is 25.8 Å². The van der Waals surface area contributed by atoms with E-state index in [1.165, 1.54) is 10.9 Å². The van der Waals surface area contributed by atoms with Gasteiger partial charge in [-0.25, -0.2) is 24.4 Å². The summed E-state index contributed by atoms with van der Waals surface area (Å²) in [7, 11) is 7.19. The maximum absolute atomic E-state index is 14.0. The van der Waals surface area contributed by atoms with Gasteiger partial charge in [0.25, 0.3) is 14.4 Å². The summed E-state index contributed by atoms with van der Waals surface area (Å²) in [4.78, 5) is 54.0. The highest BCUT2D eigenvalue weighted by molar-refractivity contribution is 7.44. The van der Waals surface area contributed by atoms with Crippen molar-refractivity contribution in [3.05, 3.63) is 179 Å². The molecule has 0 saturated carbocycles. The number of anilines is 2. The van der Waals surface area contributed by atoms with Crippen molar-refractivity contribution in [2.75, 3.05) is 72.4 Å². The van der Waals surface area contributed by atoms with Crippen LogP contribution >= 0.6 is 8.53 Å². The molecular formula is C63H77N12O10P. The number of fused-ring (bicyclic) bond motifs is 1. The second kappa shape index (κ2) is 28.7. The van der Waals surface area contributed by atoms with E-state index < -0.39 is 56.5 Å². The van der Waals surface area contributed by atoms with Gasteiger partial charge in [0.1, 0.15) is 47.8 Å². The molecule has 454 valence electrons. The number of imidazole rings is 1. The van der Waals surface area contributed by atoms with Gasteiger partial charge in [-0.3, -0.25) is 18.8 Å². The molecule has 9 rings (SSSR count). The van der Waals surface area contributed by atoms with Crippen molar-refractivity contribution in [1.82, 2.24) is 43.7 Å². The summed E-state index contributed by atoms with van der Waals surface area (Å²) in [5.74, 6) is 2.06. The molecule has 2 aliphatic heterocycles. The maximum atomic E-state index is 14.0. The van der Waals surface area contributed by atoms with E-state index in [9.17, 15) is 14.9 Å². The van der Waals surface area contributed by atoms with Gasteiger partial charge in [-0.15, -0.1) is 0 Å². The quantitative estimate of drug-likeness (QED) is 0.0201. The molecule has 1 amide bonds. The Balaban J connectivity index is 1.03. The van der Waals surface area contributed by atoms with E-state index in [1.54, 1.807) is 63.0 Å². The molecule has 23 heteroatoms. The summed E-state index contributed by atoms with van der Waals surface area (Å²) in [5, 5.41) is 17.4. The van der Waals surface area contributed by atoms with Crippen LogP contribution in [-0.2, 0) is 33.7 Å². The number of nitrogens with zero attached hydrogens (tertiary/aromatic N) is 10. The summed E-state index contributed by atoms with van der Waals surface area (Å²) >= 11 is 0. The Bertz CT molecular complexity index is 3420. The van der Waals surface area contributed by atoms with Crippen molar-refractivity contribution in [2.24, 2.45) is 5.92 Å². The summed E-state index contributed by atoms with van der Waals surface area (Å²) < 4.78 is 51.6. The van der Waals surface area contributed by atoms with Crippen LogP contribution in [0.25, 0.3) is 11.2 Å². The number of carbonyl (C=O) groups excluding carboxylic acids is 1. The van der Waals surface area contributed by atoms with E-state index in [1.807, 2.05) is 103 Å². The zero-order valence-electron chi connectivity index (χ0n) is 50.4. The van der Waals surface area contributed by atoms with Crippen LogP contribution in [0.1, 0.15) is 92.0 Å². The molecule has 2 saturated heterocycles. The fourth-order valence-corrected chi connectivity index (χ4v) is 12.6. The molecule has 22 nitrogen and oxygen atoms in total. The third-order valence-corrected chi connectivity index (χ3v) is 17.4. The van der Waals surface area contributed by atoms with Gasteiger partial charge in [0.05, 0.1) is 70.9 Å². The molecule has 0 aliphatic carbocycles. The van der Waals surface area contributed by atoms with Crippen molar-refractivity contribution < 1.29 is 42.4 Å². The van der Waals surface area contributed by atoms with Crippen LogP contribution in [0.3, 0.4) is 0 Å². The number of methoxy groups -OCH3 is 2. The first-order valence-electron chi connectivity index (χ1n) is 28.7. The topological polar surface area (TPSA) is 227 Å². The largest absolute Gasteiger partial charge is 0.497 e. The van der Waals surface area contributed by atoms with Gasteiger partial charge < -0.3 is 48.3 Å². The van der Waals surface area contributed by atoms with E-state index in [-0.39, 0.29) is 56.5 Å². The lowest BCUT2D eigenvalue weighted by Crippen LogP contribution is -2.40. The highest BCUT2D eigenvalue weighted by Crippen LogP contribution is 2.50. The molecule has 2 aliphatic rings. The maximum Gasteiger partial charge on any atom is 0.351 e. The number of aryl methyl sites for hydroxylation is 1. The second-order valence-corrected chi connectivity index (χ2v) is 23.3. The van der Waals surface area contributed by atoms with Gasteiger partial charge in [-0.05, 0) is 94.1 Å². The van der Waals surface area contributed by atoms with Crippen molar-refractivity contribution in [3.63, 3.8) is 0 Å². The smallest absolute Gasteiger partial charge is 0.351 e. The fourth-order valence-electron chi connectivity index (χ4n) is 10.8. The first-order valence-corrected chi connectivity index (χ1v) is 29.8. The first kappa shape index (κ1) is 62.8. The molecule has 2 N–H and O–H groups in total. The van der Waals surface area contributed by atoms with Crippen LogP contribution in [0.2, 0.25) is 0 Å². The number of ether oxygens (including phenoxy) is 5. The number of nitriles is 1. The lowest BCUT2D eigenvalue weighted by molar-refractivity contribution is -0.187. The summed E-state index contributed by atoms with van der Waals surface area (Å²) in [5.41, 5.74) is 2.96. The molecule has 5 heterocycles. The summed E-state index contributed by atoms with van der Waals surface area (Å²) in [6.45, 7) is 14.8. The number of benzene rings is 4. The number of rotatable bonds is 28. The van der Waals surface area contributed by atoms with Crippen molar-refractivity contribution in [1.29, 1.82) is 5.26 Å². The Kier molecular flexibility index (Phi) is 21.0. The van der Waals surface area contributed by atoms with E-state index in [0.29, 0.717) is 58.4 Å². The molecule has 7 atom stereocenters. The van der Waals surface area contributed by atoms with Crippen LogP contribution in [0, 0.1) is 24.2 Å². The average Bonchev–Trinajstić information content (AvgIpc) is 3.44. The Morgan fingerprint density at radius 3 is 2.03 bits per heavy atom. The van der Waals surface area contributed by atoms with Gasteiger partial charge in [0, 0.05) is 69.4 Å². The average molecular weight is 1190 g/mol. The molecule has 0 radical (unpaired) electrons. The molecule has 7 aromatic rings. The van der Waals surface area contributed by atoms with Crippen molar-refractivity contribution in [3.8, 4) is 17.6 Å². The Morgan fingerprint density at radius 1 is 0.802 bits per heavy atom. The fraction of sp³-hybridized carbons (Fsp3) is 0.413. The van der Waals surface area contributed by atoms with Crippen LogP contribution in [-0.4, -0.2) is 142 Å². The van der Waals surface area contributed by atoms with Gasteiger partial charge in [0.15, 0.2) is 17.0 Å². The molecule has 1 unspecified atom stereocenters. The zero-order valence-corrected chi connectivity index (χ0v) is 51.3. The van der Waals surface area contributed by atoms with Crippen LogP contribution in [0.5, 0.6) is 11.5 Å². The number of hydrogen-bond donors (Lipinski definition) is 2.